The molecule has 5 nitrogen and oxygen atoms in total. The second kappa shape index (κ2) is 10.2. The lowest BCUT2D eigenvalue weighted by molar-refractivity contribution is -0.117. The van der Waals surface area contributed by atoms with Gasteiger partial charge >= 0.3 is 0 Å². The van der Waals surface area contributed by atoms with Crippen LogP contribution in [0.1, 0.15) is 35.7 Å². The number of rotatable bonds is 7. The number of ether oxygens (including phenoxy) is 1. The number of hydrogen-bond donors (Lipinski definition) is 1. The van der Waals surface area contributed by atoms with E-state index in [2.05, 4.69) is 52.7 Å². The Labute approximate surface area is 184 Å². The van der Waals surface area contributed by atoms with E-state index in [4.69, 9.17) is 9.72 Å². The monoisotopic (exact) mass is 415 g/mol. The fraction of sp³-hybridized carbons (Fsp3) is 0.308. The summed E-state index contributed by atoms with van der Waals surface area (Å²) in [7, 11) is 1.63. The predicted octanol–water partition coefficient (Wildman–Crippen LogP) is 4.50. The standard InChI is InChI=1S/C26H29N3O2/c1-31-24-14-12-22(13-15-24)28-26(30)19-29-16-6-9-21(18-29)25-11-5-10-23(27-25)17-20-7-3-2-4-8-20/h2-5,7-8,10-15,21H,6,9,16-19H2,1H3,(H,28,30)/t21-/m1/s1. The van der Waals surface area contributed by atoms with Crippen molar-refractivity contribution in [1.82, 2.24) is 9.88 Å². The Morgan fingerprint density at radius 3 is 2.65 bits per heavy atom. The topological polar surface area (TPSA) is 54.5 Å². The third kappa shape index (κ3) is 5.92. The molecular weight excluding hydrogens is 386 g/mol. The van der Waals surface area contributed by atoms with Gasteiger partial charge in [0.15, 0.2) is 0 Å². The van der Waals surface area contributed by atoms with E-state index < -0.39 is 0 Å². The predicted molar refractivity (Wildman–Crippen MR) is 124 cm³/mol. The summed E-state index contributed by atoms with van der Waals surface area (Å²) < 4.78 is 5.16. The van der Waals surface area contributed by atoms with Crippen molar-refractivity contribution in [3.05, 3.63) is 89.7 Å². The summed E-state index contributed by atoms with van der Waals surface area (Å²) in [6.07, 6.45) is 3.03. The van der Waals surface area contributed by atoms with Gasteiger partial charge in [-0.25, -0.2) is 0 Å². The number of piperidine rings is 1. The lowest BCUT2D eigenvalue weighted by atomic mass is 9.94. The second-order valence-corrected chi connectivity index (χ2v) is 8.07. The molecule has 0 spiro atoms. The fourth-order valence-electron chi connectivity index (χ4n) is 4.15. The van der Waals surface area contributed by atoms with Crippen LogP contribution in [-0.2, 0) is 11.2 Å². The van der Waals surface area contributed by atoms with Gasteiger partial charge in [0.25, 0.3) is 0 Å². The minimum Gasteiger partial charge on any atom is -0.497 e. The molecule has 1 atom stereocenters. The Balaban J connectivity index is 1.34. The number of amides is 1. The van der Waals surface area contributed by atoms with Crippen molar-refractivity contribution in [3.8, 4) is 5.75 Å². The van der Waals surface area contributed by atoms with Gasteiger partial charge in [0.05, 0.1) is 13.7 Å². The molecule has 0 bridgehead atoms. The average Bonchev–Trinajstić information content (AvgIpc) is 2.80. The molecule has 5 heteroatoms. The van der Waals surface area contributed by atoms with Crippen molar-refractivity contribution in [1.29, 1.82) is 0 Å². The molecule has 1 fully saturated rings. The van der Waals surface area contributed by atoms with Gasteiger partial charge in [0.1, 0.15) is 5.75 Å². The lowest BCUT2D eigenvalue weighted by Gasteiger charge is -2.32. The number of carbonyl (C=O) groups is 1. The van der Waals surface area contributed by atoms with Crippen LogP contribution in [0.3, 0.4) is 0 Å². The van der Waals surface area contributed by atoms with E-state index in [1.165, 1.54) is 5.56 Å². The minimum atomic E-state index is 0.0107. The molecule has 3 aromatic rings. The van der Waals surface area contributed by atoms with Gasteiger partial charge in [0, 0.05) is 36.0 Å². The third-order valence-corrected chi connectivity index (χ3v) is 5.72. The van der Waals surface area contributed by atoms with E-state index in [0.29, 0.717) is 12.5 Å². The van der Waals surface area contributed by atoms with E-state index in [-0.39, 0.29) is 5.91 Å². The van der Waals surface area contributed by atoms with Gasteiger partial charge in [-0.1, -0.05) is 36.4 Å². The van der Waals surface area contributed by atoms with Gasteiger partial charge in [-0.3, -0.25) is 14.7 Å². The number of aromatic nitrogens is 1. The SMILES string of the molecule is COc1ccc(NC(=O)CN2CCC[C@@H](c3cccc(Cc4ccccc4)n3)C2)cc1. The van der Waals surface area contributed by atoms with Crippen LogP contribution in [0.4, 0.5) is 5.69 Å². The van der Waals surface area contributed by atoms with Gasteiger partial charge in [-0.15, -0.1) is 0 Å². The number of hydrogen-bond acceptors (Lipinski definition) is 4. The maximum Gasteiger partial charge on any atom is 0.238 e. The molecule has 0 aliphatic carbocycles. The van der Waals surface area contributed by atoms with Gasteiger partial charge < -0.3 is 10.1 Å². The lowest BCUT2D eigenvalue weighted by Crippen LogP contribution is -2.40. The number of methoxy groups -OCH3 is 1. The molecule has 0 saturated carbocycles. The molecule has 2 heterocycles. The average molecular weight is 416 g/mol. The summed E-state index contributed by atoms with van der Waals surface area (Å²) in [5.74, 6) is 1.15. The smallest absolute Gasteiger partial charge is 0.238 e. The van der Waals surface area contributed by atoms with E-state index >= 15 is 0 Å². The van der Waals surface area contributed by atoms with Crippen LogP contribution in [0, 0.1) is 0 Å². The van der Waals surface area contributed by atoms with Crippen molar-refractivity contribution >= 4 is 11.6 Å². The molecule has 2 aromatic carbocycles. The van der Waals surface area contributed by atoms with Crippen LogP contribution < -0.4 is 10.1 Å². The summed E-state index contributed by atoms with van der Waals surface area (Å²) in [5, 5.41) is 2.98. The van der Waals surface area contributed by atoms with E-state index in [9.17, 15) is 4.79 Å². The zero-order chi connectivity index (χ0) is 21.5. The van der Waals surface area contributed by atoms with Crippen LogP contribution in [0.15, 0.2) is 72.8 Å². The Morgan fingerprint density at radius 2 is 1.87 bits per heavy atom. The zero-order valence-corrected chi connectivity index (χ0v) is 18.0. The summed E-state index contributed by atoms with van der Waals surface area (Å²) >= 11 is 0. The second-order valence-electron chi connectivity index (χ2n) is 8.07. The van der Waals surface area contributed by atoms with Gasteiger partial charge in [-0.05, 0) is 61.3 Å². The molecule has 1 aliphatic heterocycles. The van der Waals surface area contributed by atoms with Crippen molar-refractivity contribution in [2.45, 2.75) is 25.2 Å². The number of anilines is 1. The van der Waals surface area contributed by atoms with Crippen LogP contribution in [0.2, 0.25) is 0 Å². The van der Waals surface area contributed by atoms with Crippen LogP contribution in [0.5, 0.6) is 5.75 Å². The van der Waals surface area contributed by atoms with Gasteiger partial charge in [0.2, 0.25) is 5.91 Å². The molecule has 1 aromatic heterocycles. The number of pyridine rings is 1. The summed E-state index contributed by atoms with van der Waals surface area (Å²) in [6, 6.07) is 24.2. The first-order chi connectivity index (χ1) is 15.2. The summed E-state index contributed by atoms with van der Waals surface area (Å²) in [4.78, 5) is 19.7. The fourth-order valence-corrected chi connectivity index (χ4v) is 4.15. The number of benzene rings is 2. The highest BCUT2D eigenvalue weighted by Gasteiger charge is 2.24. The van der Waals surface area contributed by atoms with Crippen LogP contribution >= 0.6 is 0 Å². The largest absolute Gasteiger partial charge is 0.497 e. The maximum absolute atomic E-state index is 12.5. The zero-order valence-electron chi connectivity index (χ0n) is 18.0. The molecule has 4 rings (SSSR count). The molecule has 0 radical (unpaired) electrons. The van der Waals surface area contributed by atoms with Crippen LogP contribution in [-0.4, -0.2) is 42.5 Å². The van der Waals surface area contributed by atoms with E-state index in [0.717, 1.165) is 55.2 Å². The summed E-state index contributed by atoms with van der Waals surface area (Å²) in [6.45, 7) is 2.19. The van der Waals surface area contributed by atoms with Crippen molar-refractivity contribution < 1.29 is 9.53 Å². The normalized spacial score (nSPS) is 16.6. The van der Waals surface area contributed by atoms with Crippen molar-refractivity contribution in [3.63, 3.8) is 0 Å². The highest BCUT2D eigenvalue weighted by Crippen LogP contribution is 2.26. The van der Waals surface area contributed by atoms with Crippen molar-refractivity contribution in [2.24, 2.45) is 0 Å². The van der Waals surface area contributed by atoms with Crippen LogP contribution in [0.25, 0.3) is 0 Å². The first-order valence-corrected chi connectivity index (χ1v) is 10.9. The Hall–Kier alpha value is -3.18. The minimum absolute atomic E-state index is 0.0107. The Bertz CT molecular complexity index is 989. The molecule has 31 heavy (non-hydrogen) atoms. The summed E-state index contributed by atoms with van der Waals surface area (Å²) in [5.41, 5.74) is 4.29. The number of likely N-dealkylation sites (tertiary alicyclic amines) is 1. The highest BCUT2D eigenvalue weighted by atomic mass is 16.5. The first kappa shape index (κ1) is 21.1. The Kier molecular flexibility index (Phi) is 6.95. The van der Waals surface area contributed by atoms with Crippen molar-refractivity contribution in [2.75, 3.05) is 32.1 Å². The molecular formula is C26H29N3O2. The number of carbonyl (C=O) groups excluding carboxylic acids is 1. The number of nitrogens with one attached hydrogen (secondary N) is 1. The maximum atomic E-state index is 12.5. The first-order valence-electron chi connectivity index (χ1n) is 10.9. The van der Waals surface area contributed by atoms with Gasteiger partial charge in [-0.2, -0.15) is 0 Å². The number of nitrogens with zero attached hydrogens (tertiary/aromatic N) is 2. The highest BCUT2D eigenvalue weighted by molar-refractivity contribution is 5.92. The Morgan fingerprint density at radius 1 is 1.06 bits per heavy atom. The van der Waals surface area contributed by atoms with E-state index in [1.54, 1.807) is 7.11 Å². The quantitative estimate of drug-likeness (QED) is 0.617. The van der Waals surface area contributed by atoms with E-state index in [1.807, 2.05) is 30.3 Å². The molecule has 1 N–H and O–H groups in total. The molecule has 160 valence electrons. The molecule has 1 aliphatic rings. The molecule has 1 saturated heterocycles. The molecule has 1 amide bonds. The molecule has 0 unspecified atom stereocenters. The third-order valence-electron chi connectivity index (χ3n) is 5.72.